The summed E-state index contributed by atoms with van der Waals surface area (Å²) in [5.74, 6) is 0.121. The summed E-state index contributed by atoms with van der Waals surface area (Å²) >= 11 is 0. The Morgan fingerprint density at radius 3 is 2.85 bits per heavy atom. The quantitative estimate of drug-likeness (QED) is 0.599. The van der Waals surface area contributed by atoms with Crippen LogP contribution in [0.15, 0.2) is 12.1 Å². The van der Waals surface area contributed by atoms with Gasteiger partial charge in [-0.25, -0.2) is 0 Å². The smallest absolute Gasteiger partial charge is 0.164 e. The Labute approximate surface area is 76.8 Å². The molecule has 2 nitrogen and oxygen atoms in total. The van der Waals surface area contributed by atoms with Crippen molar-refractivity contribution in [2.24, 2.45) is 0 Å². The zero-order valence-electron chi connectivity index (χ0n) is 7.42. The zero-order chi connectivity index (χ0) is 9.42. The predicted molar refractivity (Wildman–Crippen MR) is 48.5 cm³/mol. The molecule has 13 heavy (non-hydrogen) atoms. The molecule has 0 amide bonds. The molecule has 1 aromatic carbocycles. The van der Waals surface area contributed by atoms with Gasteiger partial charge < -0.3 is 0 Å². The average molecular weight is 171 g/mol. The van der Waals surface area contributed by atoms with Crippen LogP contribution in [-0.4, -0.2) is 5.78 Å². The van der Waals surface area contributed by atoms with Gasteiger partial charge in [0.15, 0.2) is 5.78 Å². The molecule has 2 rings (SSSR count). The van der Waals surface area contributed by atoms with E-state index >= 15 is 0 Å². The van der Waals surface area contributed by atoms with Crippen molar-refractivity contribution in [1.82, 2.24) is 0 Å². The van der Waals surface area contributed by atoms with E-state index in [9.17, 15) is 4.79 Å². The molecule has 1 aliphatic carbocycles. The van der Waals surface area contributed by atoms with E-state index in [-0.39, 0.29) is 5.78 Å². The van der Waals surface area contributed by atoms with E-state index in [0.717, 1.165) is 17.5 Å². The lowest BCUT2D eigenvalue weighted by molar-refractivity contribution is 0.0994. The lowest BCUT2D eigenvalue weighted by Crippen LogP contribution is -1.98. The molecule has 0 fully saturated rings. The largest absolute Gasteiger partial charge is 0.294 e. The second kappa shape index (κ2) is 2.70. The molecule has 0 aromatic heterocycles. The number of benzene rings is 1. The lowest BCUT2D eigenvalue weighted by atomic mass is 9.99. The molecule has 1 aliphatic rings. The molecule has 0 heterocycles. The highest BCUT2D eigenvalue weighted by atomic mass is 16.1. The van der Waals surface area contributed by atoms with Crippen molar-refractivity contribution in [3.8, 4) is 6.07 Å². The first kappa shape index (κ1) is 8.00. The summed E-state index contributed by atoms with van der Waals surface area (Å²) in [6.45, 7) is 1.87. The van der Waals surface area contributed by atoms with E-state index in [1.165, 1.54) is 0 Å². The summed E-state index contributed by atoms with van der Waals surface area (Å²) in [5, 5.41) is 8.90. The van der Waals surface area contributed by atoms with Crippen LogP contribution in [0.2, 0.25) is 0 Å². The number of hydrogen-bond donors (Lipinski definition) is 0. The molecule has 0 saturated heterocycles. The first-order valence-corrected chi connectivity index (χ1v) is 4.30. The van der Waals surface area contributed by atoms with Crippen LogP contribution in [0.1, 0.15) is 33.5 Å². The molecule has 1 aromatic rings. The topological polar surface area (TPSA) is 40.9 Å². The van der Waals surface area contributed by atoms with Gasteiger partial charge in [-0.2, -0.15) is 5.26 Å². The van der Waals surface area contributed by atoms with Crippen molar-refractivity contribution >= 4 is 5.78 Å². The maximum atomic E-state index is 11.4. The second-order valence-corrected chi connectivity index (χ2v) is 3.33. The number of Topliss-reactive ketones (excluding diaryl/α,β-unsaturated/α-hetero) is 1. The number of carbonyl (C=O) groups excluding carboxylic acids is 1. The van der Waals surface area contributed by atoms with E-state index < -0.39 is 0 Å². The van der Waals surface area contributed by atoms with Gasteiger partial charge in [-0.15, -0.1) is 0 Å². The molecule has 0 aliphatic heterocycles. The number of nitriles is 1. The van der Waals surface area contributed by atoms with Crippen LogP contribution in [0.5, 0.6) is 0 Å². The summed E-state index contributed by atoms with van der Waals surface area (Å²) in [4.78, 5) is 11.4. The monoisotopic (exact) mass is 171 g/mol. The van der Waals surface area contributed by atoms with E-state index in [0.29, 0.717) is 17.5 Å². The third kappa shape index (κ3) is 1.05. The fourth-order valence-corrected chi connectivity index (χ4v) is 1.79. The summed E-state index contributed by atoms with van der Waals surface area (Å²) in [6.07, 6.45) is 1.36. The minimum atomic E-state index is 0.121. The number of nitrogens with zero attached hydrogens (tertiary/aromatic N) is 1. The van der Waals surface area contributed by atoms with Gasteiger partial charge in [0.1, 0.15) is 6.07 Å². The van der Waals surface area contributed by atoms with Gasteiger partial charge in [0.25, 0.3) is 0 Å². The third-order valence-corrected chi connectivity index (χ3v) is 2.51. The lowest BCUT2D eigenvalue weighted by Gasteiger charge is -2.02. The minimum absolute atomic E-state index is 0.121. The first-order valence-electron chi connectivity index (χ1n) is 4.30. The Morgan fingerprint density at radius 1 is 1.38 bits per heavy atom. The van der Waals surface area contributed by atoms with Gasteiger partial charge in [-0.3, -0.25) is 4.79 Å². The van der Waals surface area contributed by atoms with E-state index in [4.69, 9.17) is 5.26 Å². The number of ketones is 1. The molecular weight excluding hydrogens is 162 g/mol. The average Bonchev–Trinajstić information content (AvgIpc) is 2.49. The fraction of sp³-hybridized carbons (Fsp3) is 0.273. The van der Waals surface area contributed by atoms with Crippen LogP contribution < -0.4 is 0 Å². The SMILES string of the molecule is Cc1ccc2c(c1C#N)C(=O)CC2. The van der Waals surface area contributed by atoms with Crippen molar-refractivity contribution < 1.29 is 4.79 Å². The Bertz CT molecular complexity index is 426. The van der Waals surface area contributed by atoms with Gasteiger partial charge in [0, 0.05) is 12.0 Å². The van der Waals surface area contributed by atoms with Crippen LogP contribution in [0.3, 0.4) is 0 Å². The number of hydrogen-bond acceptors (Lipinski definition) is 2. The summed E-state index contributed by atoms with van der Waals surface area (Å²) in [7, 11) is 0. The van der Waals surface area contributed by atoms with Gasteiger partial charge >= 0.3 is 0 Å². The molecule has 0 N–H and O–H groups in total. The molecular formula is C11H9NO. The van der Waals surface area contributed by atoms with Gasteiger partial charge in [0.2, 0.25) is 0 Å². The molecule has 0 spiro atoms. The highest BCUT2D eigenvalue weighted by Gasteiger charge is 2.23. The van der Waals surface area contributed by atoms with Crippen molar-refractivity contribution in [2.45, 2.75) is 19.8 Å². The van der Waals surface area contributed by atoms with Gasteiger partial charge in [-0.1, -0.05) is 12.1 Å². The molecule has 64 valence electrons. The summed E-state index contributed by atoms with van der Waals surface area (Å²) in [5.41, 5.74) is 3.17. The number of fused-ring (bicyclic) bond motifs is 1. The predicted octanol–water partition coefficient (Wildman–Crippen LogP) is 2.00. The van der Waals surface area contributed by atoms with Crippen molar-refractivity contribution in [3.63, 3.8) is 0 Å². The third-order valence-electron chi connectivity index (χ3n) is 2.51. The maximum absolute atomic E-state index is 11.4. The Hall–Kier alpha value is -1.62. The van der Waals surface area contributed by atoms with Crippen LogP contribution >= 0.6 is 0 Å². The van der Waals surface area contributed by atoms with Gasteiger partial charge in [0.05, 0.1) is 5.56 Å². The van der Waals surface area contributed by atoms with E-state index in [2.05, 4.69) is 6.07 Å². The molecule has 0 saturated carbocycles. The zero-order valence-corrected chi connectivity index (χ0v) is 7.42. The molecule has 0 unspecified atom stereocenters. The van der Waals surface area contributed by atoms with Crippen molar-refractivity contribution in [1.29, 1.82) is 5.26 Å². The Kier molecular flexibility index (Phi) is 1.66. The van der Waals surface area contributed by atoms with Crippen molar-refractivity contribution in [3.05, 3.63) is 34.4 Å². The second-order valence-electron chi connectivity index (χ2n) is 3.33. The summed E-state index contributed by atoms with van der Waals surface area (Å²) in [6, 6.07) is 5.97. The Morgan fingerprint density at radius 2 is 2.15 bits per heavy atom. The molecule has 0 bridgehead atoms. The first-order chi connectivity index (χ1) is 6.24. The van der Waals surface area contributed by atoms with Gasteiger partial charge in [-0.05, 0) is 24.5 Å². The van der Waals surface area contributed by atoms with Crippen LogP contribution in [0.4, 0.5) is 0 Å². The standard InChI is InChI=1S/C11H9NO/c1-7-2-3-8-4-5-10(13)11(8)9(7)6-12/h2-3H,4-5H2,1H3. The molecule has 2 heteroatoms. The summed E-state index contributed by atoms with van der Waals surface area (Å²) < 4.78 is 0. The fourth-order valence-electron chi connectivity index (χ4n) is 1.79. The highest BCUT2D eigenvalue weighted by molar-refractivity contribution is 6.02. The van der Waals surface area contributed by atoms with E-state index in [1.54, 1.807) is 0 Å². The van der Waals surface area contributed by atoms with Crippen LogP contribution in [0.25, 0.3) is 0 Å². The minimum Gasteiger partial charge on any atom is -0.294 e. The number of aryl methyl sites for hydroxylation is 2. The highest BCUT2D eigenvalue weighted by Crippen LogP contribution is 2.26. The maximum Gasteiger partial charge on any atom is 0.164 e. The molecule has 0 atom stereocenters. The van der Waals surface area contributed by atoms with Crippen molar-refractivity contribution in [2.75, 3.05) is 0 Å². The van der Waals surface area contributed by atoms with E-state index in [1.807, 2.05) is 19.1 Å². The van der Waals surface area contributed by atoms with Crippen LogP contribution in [-0.2, 0) is 6.42 Å². The normalized spacial score (nSPS) is 14.0. The number of rotatable bonds is 0. The van der Waals surface area contributed by atoms with Crippen LogP contribution in [0, 0.1) is 18.3 Å². The number of carbonyl (C=O) groups is 1. The molecule has 0 radical (unpaired) electrons. The Balaban J connectivity index is 2.76.